The van der Waals surface area contributed by atoms with Gasteiger partial charge in [0, 0.05) is 77.7 Å². The number of thioether (sulfide) groups is 2. The molecule has 1 aliphatic rings. The summed E-state index contributed by atoms with van der Waals surface area (Å²) in [6, 6.07) is -1.13. The van der Waals surface area contributed by atoms with Gasteiger partial charge >= 0.3 is 23.9 Å². The fourth-order valence-electron chi connectivity index (χ4n) is 10.2. The van der Waals surface area contributed by atoms with Crippen molar-refractivity contribution in [3.8, 4) is 0 Å². The average molecular weight is 1200 g/mol. The number of carbonyl (C=O) groups is 5. The zero-order valence-corrected chi connectivity index (χ0v) is 55.4. The third-order valence-electron chi connectivity index (χ3n) is 15.9. The number of allylic oxidation sites excluding steroid dienone is 3. The maximum atomic E-state index is 14.0. The third-order valence-corrected chi connectivity index (χ3v) is 16.6. The lowest BCUT2D eigenvalue weighted by molar-refractivity contribution is -0.167. The minimum atomic E-state index is -0.686. The molecule has 472 valence electrons. The van der Waals surface area contributed by atoms with Crippen LogP contribution in [0.2, 0.25) is 0 Å². The van der Waals surface area contributed by atoms with Gasteiger partial charge in [0.25, 0.3) is 0 Å². The van der Waals surface area contributed by atoms with E-state index in [9.17, 15) is 24.0 Å². The van der Waals surface area contributed by atoms with Crippen molar-refractivity contribution in [2.75, 3.05) is 87.6 Å². The quantitative estimate of drug-likeness (QED) is 0.0227. The van der Waals surface area contributed by atoms with Crippen LogP contribution in [0.1, 0.15) is 121 Å². The second-order valence-electron chi connectivity index (χ2n) is 23.0. The molecule has 0 aromatic heterocycles. The molecular weight excluding hydrogens is 1090 g/mol. The number of ether oxygens (including phenoxy) is 9. The van der Waals surface area contributed by atoms with Crippen LogP contribution in [0.5, 0.6) is 0 Å². The highest BCUT2D eigenvalue weighted by atomic mass is 32.2. The average Bonchev–Trinajstić information content (AvgIpc) is 3.51. The summed E-state index contributed by atoms with van der Waals surface area (Å²) in [7, 11) is 13.9. The summed E-state index contributed by atoms with van der Waals surface area (Å²) in [6.07, 6.45) is 22.6. The van der Waals surface area contributed by atoms with E-state index in [1.807, 2.05) is 84.6 Å². The molecule has 0 spiro atoms. The number of carbonyl (C=O) groups excluding carboxylic acids is 5. The molecule has 82 heavy (non-hydrogen) atoms. The summed E-state index contributed by atoms with van der Waals surface area (Å²) in [4.78, 5) is 70.5. The van der Waals surface area contributed by atoms with Crippen molar-refractivity contribution < 1.29 is 66.6 Å². The molecule has 17 atom stereocenters. The summed E-state index contributed by atoms with van der Waals surface area (Å²) < 4.78 is 55.8. The topological polar surface area (TPSA) is 178 Å². The Kier molecular flexibility index (Phi) is 39.5. The van der Waals surface area contributed by atoms with Gasteiger partial charge < -0.3 is 47.5 Å². The Bertz CT molecular complexity index is 1990. The lowest BCUT2D eigenvalue weighted by Crippen LogP contribution is -2.46. The van der Waals surface area contributed by atoms with E-state index in [1.165, 1.54) is 17.9 Å². The lowest BCUT2D eigenvalue weighted by atomic mass is 9.82. The highest BCUT2D eigenvalue weighted by molar-refractivity contribution is 7.98. The number of hydrogen-bond acceptors (Lipinski definition) is 18. The molecular formula is C63H109N3O14S2. The van der Waals surface area contributed by atoms with Crippen molar-refractivity contribution in [2.45, 2.75) is 182 Å². The van der Waals surface area contributed by atoms with Gasteiger partial charge in [-0.2, -0.15) is 0 Å². The van der Waals surface area contributed by atoms with Gasteiger partial charge in [-0.15, -0.1) is 23.5 Å². The highest BCUT2D eigenvalue weighted by Crippen LogP contribution is 2.34. The van der Waals surface area contributed by atoms with Crippen LogP contribution in [0.25, 0.3) is 0 Å². The molecule has 0 aromatic carbocycles. The Morgan fingerprint density at radius 3 is 2.10 bits per heavy atom. The highest BCUT2D eigenvalue weighted by Gasteiger charge is 2.39. The number of rotatable bonds is 29. The van der Waals surface area contributed by atoms with E-state index in [0.29, 0.717) is 44.0 Å². The summed E-state index contributed by atoms with van der Waals surface area (Å²) in [5.41, 5.74) is 1.14. The van der Waals surface area contributed by atoms with Crippen LogP contribution < -0.4 is 0 Å². The fraction of sp³-hybridized carbons (Fsp3) is 0.762. The summed E-state index contributed by atoms with van der Waals surface area (Å²) in [5.74, 6) is -2.17. The van der Waals surface area contributed by atoms with E-state index in [1.54, 1.807) is 82.1 Å². The predicted octanol–water partition coefficient (Wildman–Crippen LogP) is 10.4. The molecule has 0 unspecified atom stereocenters. The van der Waals surface area contributed by atoms with E-state index in [2.05, 4.69) is 46.8 Å². The van der Waals surface area contributed by atoms with Gasteiger partial charge in [0.2, 0.25) is 6.41 Å². The molecule has 0 N–H and O–H groups in total. The fourth-order valence-corrected chi connectivity index (χ4v) is 10.9. The first-order valence-corrected chi connectivity index (χ1v) is 32.0. The van der Waals surface area contributed by atoms with Crippen molar-refractivity contribution in [2.24, 2.45) is 41.4 Å². The lowest BCUT2D eigenvalue weighted by Gasteiger charge is -2.36. The number of likely N-dealkylation sites (N-methyl/N-ethyl adjacent to an activating group) is 2. The smallest absolute Gasteiger partial charge is 0.331 e. The van der Waals surface area contributed by atoms with Gasteiger partial charge in [-0.25, -0.2) is 4.79 Å². The van der Waals surface area contributed by atoms with Gasteiger partial charge in [-0.1, -0.05) is 91.0 Å². The van der Waals surface area contributed by atoms with Gasteiger partial charge in [0.05, 0.1) is 42.9 Å². The van der Waals surface area contributed by atoms with E-state index in [0.717, 1.165) is 31.3 Å². The van der Waals surface area contributed by atoms with Gasteiger partial charge in [-0.05, 0) is 123 Å². The second-order valence-corrected chi connectivity index (χ2v) is 24.6. The summed E-state index contributed by atoms with van der Waals surface area (Å²) in [6.45, 7) is 19.8. The van der Waals surface area contributed by atoms with Crippen molar-refractivity contribution >= 4 is 53.8 Å². The third kappa shape index (κ3) is 28.6. The molecule has 1 heterocycles. The summed E-state index contributed by atoms with van der Waals surface area (Å²) >= 11 is 3.12. The van der Waals surface area contributed by atoms with Crippen LogP contribution >= 0.6 is 23.5 Å². The largest absolute Gasteiger partial charge is 0.462 e. The van der Waals surface area contributed by atoms with Crippen LogP contribution in [0, 0.1) is 41.4 Å². The molecule has 0 fully saturated rings. The number of amides is 1. The van der Waals surface area contributed by atoms with E-state index < -0.39 is 66.4 Å². The Balaban J connectivity index is 3.89. The molecule has 0 bridgehead atoms. The Morgan fingerprint density at radius 1 is 0.829 bits per heavy atom. The first-order valence-electron chi connectivity index (χ1n) is 29.2. The molecule has 1 aliphatic heterocycles. The van der Waals surface area contributed by atoms with Crippen LogP contribution in [0.3, 0.4) is 0 Å². The number of methoxy groups -OCH3 is 3. The number of esters is 4. The first-order chi connectivity index (χ1) is 38.8. The molecule has 0 radical (unpaired) electrons. The van der Waals surface area contributed by atoms with Crippen molar-refractivity contribution in [3.05, 3.63) is 60.4 Å². The van der Waals surface area contributed by atoms with Gasteiger partial charge in [-0.3, -0.25) is 29.0 Å². The number of hydrogen-bond donors (Lipinski definition) is 0. The van der Waals surface area contributed by atoms with Gasteiger partial charge in [0.1, 0.15) is 36.5 Å². The van der Waals surface area contributed by atoms with Crippen LogP contribution in [0.4, 0.5) is 0 Å². The molecule has 0 aliphatic carbocycles. The minimum absolute atomic E-state index is 0.0499. The maximum absolute atomic E-state index is 14.0. The standard InChI is InChI=1S/C63H109N3O14S2/c1-42-29-30-43(2)54(74-18)33-31-45(4)61(80-63(71)53(38-72-16)65(13)14)47(6)55(75-40-81-19)26-22-21-23-28-58(69)78-56(27-24-25-52(37-42)73-17)48(7)59(76-41-82-20)44(3)32-34-57(79-62(70)50(9)64(11)12)49(8)60(77-51(10)68)46(5)35-36-66(15)39-67/h21-25,28,30,35-36,39,42,44-50,52-57,59-61H,26-27,29,31-34,37-38,40-41H2,1-20H3/b22-21+,25-24+,28-23+,36-35+,43-30+/t42-,44+,45-,46-,47-,48-,49+,50+,52+,53-,54+,55-,56+,57-,59+,60-,61-/m1/s1. The molecule has 0 saturated carbocycles. The van der Waals surface area contributed by atoms with Crippen LogP contribution in [-0.2, 0) is 66.6 Å². The van der Waals surface area contributed by atoms with Crippen LogP contribution in [-0.4, -0.2) is 193 Å². The Morgan fingerprint density at radius 2 is 1.51 bits per heavy atom. The molecule has 0 aromatic rings. The molecule has 1 rings (SSSR count). The van der Waals surface area contributed by atoms with Gasteiger partial charge in [0.15, 0.2) is 0 Å². The van der Waals surface area contributed by atoms with Crippen molar-refractivity contribution in [1.29, 1.82) is 0 Å². The normalized spacial score (nSPS) is 27.4. The maximum Gasteiger partial charge on any atom is 0.331 e. The van der Waals surface area contributed by atoms with Crippen LogP contribution in [0.15, 0.2) is 60.4 Å². The summed E-state index contributed by atoms with van der Waals surface area (Å²) in [5, 5.41) is 0. The minimum Gasteiger partial charge on any atom is -0.462 e. The zero-order valence-electron chi connectivity index (χ0n) is 53.7. The van der Waals surface area contributed by atoms with Crippen molar-refractivity contribution in [1.82, 2.24) is 14.7 Å². The monoisotopic (exact) mass is 1200 g/mol. The van der Waals surface area contributed by atoms with E-state index >= 15 is 0 Å². The second kappa shape index (κ2) is 42.3. The SMILES string of the molecule is COC[C@H](C(=O)O[C@H]1[C@H](C)[C@H](OCSC)C/C=C/C=C/C(=O)O[C@H]([C@@H](C)[C@@H](OCSC)[C@@H](C)CC[C@@H](OC(=O)[C@H](C)N(C)C)[C@H](C)[C@H](OC(C)=O)[C@H](C)/C=C/N(C)C=O)C/C=C/[C@H](OC)C[C@H](C)C/C=C(\C)[C@@H](OC)CC[C@H]1C)N(C)C. The van der Waals surface area contributed by atoms with E-state index in [4.69, 9.17) is 42.6 Å². The number of nitrogens with zero attached hydrogens (tertiary/aromatic N) is 3. The first kappa shape index (κ1) is 76.5. The van der Waals surface area contributed by atoms with E-state index in [-0.39, 0.29) is 66.4 Å². The molecule has 17 nitrogen and oxygen atoms in total. The predicted molar refractivity (Wildman–Crippen MR) is 331 cm³/mol. The molecule has 0 saturated heterocycles. The molecule has 1 amide bonds. The van der Waals surface area contributed by atoms with Crippen molar-refractivity contribution in [3.63, 3.8) is 0 Å². The molecule has 19 heteroatoms. The Hall–Kier alpha value is -3.53. The zero-order chi connectivity index (χ0) is 62.1. The Labute approximate surface area is 503 Å². The number of cyclic esters (lactones) is 1.